The Morgan fingerprint density at radius 2 is 1.97 bits per heavy atom. The average Bonchev–Trinajstić information content (AvgIpc) is 3.35. The summed E-state index contributed by atoms with van der Waals surface area (Å²) in [5, 5.41) is 3.20. The van der Waals surface area contributed by atoms with Crippen LogP contribution in [0.15, 0.2) is 23.8 Å². The number of likely N-dealkylation sites (N-methyl/N-ethyl adjacent to an activating group) is 1. The number of thiazole rings is 1. The Labute approximate surface area is 179 Å². The number of aromatic nitrogens is 2. The van der Waals surface area contributed by atoms with E-state index in [0.717, 1.165) is 41.8 Å². The van der Waals surface area contributed by atoms with E-state index in [1.54, 1.807) is 0 Å². The number of likely N-dealkylation sites (tertiary alicyclic amines) is 1. The van der Waals surface area contributed by atoms with Gasteiger partial charge < -0.3 is 10.2 Å². The van der Waals surface area contributed by atoms with Gasteiger partial charge in [-0.2, -0.15) is 0 Å². The summed E-state index contributed by atoms with van der Waals surface area (Å²) in [6.45, 7) is 3.25. The number of benzene rings is 1. The second-order valence-corrected chi connectivity index (χ2v) is 9.64. The molecule has 0 radical (unpaired) electrons. The van der Waals surface area contributed by atoms with Crippen molar-refractivity contribution < 1.29 is 13.2 Å². The summed E-state index contributed by atoms with van der Waals surface area (Å²) in [5.41, 5.74) is 1.15. The maximum absolute atomic E-state index is 14.9. The first-order valence-corrected chi connectivity index (χ1v) is 11.4. The van der Waals surface area contributed by atoms with Crippen molar-refractivity contribution in [2.24, 2.45) is 0 Å². The highest BCUT2D eigenvalue weighted by Crippen LogP contribution is 2.41. The Morgan fingerprint density at radius 3 is 2.80 bits per heavy atom. The van der Waals surface area contributed by atoms with E-state index < -0.39 is 23.1 Å². The Balaban J connectivity index is 1.60. The van der Waals surface area contributed by atoms with Crippen LogP contribution >= 0.6 is 22.7 Å². The first-order chi connectivity index (χ1) is 14.4. The molecule has 4 nitrogen and oxygen atoms in total. The summed E-state index contributed by atoms with van der Waals surface area (Å²) in [5.74, 6) is -1.95. The van der Waals surface area contributed by atoms with Crippen LogP contribution in [0.4, 0.5) is 24.5 Å². The van der Waals surface area contributed by atoms with E-state index >= 15 is 0 Å². The highest BCUT2D eigenvalue weighted by molar-refractivity contribution is 7.18. The Kier molecular flexibility index (Phi) is 4.91. The van der Waals surface area contributed by atoms with E-state index in [0.29, 0.717) is 26.9 Å². The number of nitrogens with one attached hydrogen (secondary N) is 1. The molecule has 1 aliphatic rings. The van der Waals surface area contributed by atoms with Crippen molar-refractivity contribution >= 4 is 54.5 Å². The fraction of sp³-hybridized carbons (Fsp3) is 0.333. The molecule has 2 atom stereocenters. The molecule has 0 aliphatic carbocycles. The van der Waals surface area contributed by atoms with Crippen LogP contribution in [0, 0.1) is 17.5 Å². The first-order valence-electron chi connectivity index (χ1n) is 9.70. The number of rotatable bonds is 3. The van der Waals surface area contributed by atoms with Crippen LogP contribution < -0.4 is 5.32 Å². The molecule has 30 heavy (non-hydrogen) atoms. The fourth-order valence-corrected chi connectivity index (χ4v) is 6.10. The number of thiophene rings is 1. The maximum Gasteiger partial charge on any atom is 0.176 e. The number of halogens is 3. The van der Waals surface area contributed by atoms with Crippen LogP contribution in [-0.4, -0.2) is 34.5 Å². The number of hydrogen-bond donors (Lipinski definition) is 1. The lowest BCUT2D eigenvalue weighted by Crippen LogP contribution is -2.38. The van der Waals surface area contributed by atoms with Gasteiger partial charge in [0, 0.05) is 22.2 Å². The SMILES string of the molecule is C[C@H]1[C@H](c2cc3c(Nc4c(F)cc5scnc5c4F)c(F)cnc3s2)CCCN1C. The lowest BCUT2D eigenvalue weighted by molar-refractivity contribution is 0.176. The third-order valence-corrected chi connectivity index (χ3v) is 7.92. The lowest BCUT2D eigenvalue weighted by Gasteiger charge is -2.36. The van der Waals surface area contributed by atoms with Gasteiger partial charge >= 0.3 is 0 Å². The van der Waals surface area contributed by atoms with Gasteiger partial charge in [-0.15, -0.1) is 22.7 Å². The van der Waals surface area contributed by atoms with E-state index in [1.807, 2.05) is 6.07 Å². The fourth-order valence-electron chi connectivity index (χ4n) is 4.16. The molecule has 9 heteroatoms. The van der Waals surface area contributed by atoms with E-state index in [-0.39, 0.29) is 11.2 Å². The zero-order valence-corrected chi connectivity index (χ0v) is 18.0. The standard InChI is InChI=1S/C21H19F3N4S2/c1-10-11(4-3-5-28(10)2)15-6-12-18(14(23)8-25-21(12)30-15)27-19-13(22)7-16-20(17(19)24)26-9-29-16/h6-11H,3-5H2,1-2H3,(H,25,27)/t10-,11+/m0/s1. The minimum atomic E-state index is -0.825. The minimum Gasteiger partial charge on any atom is -0.348 e. The number of pyridine rings is 1. The van der Waals surface area contributed by atoms with Gasteiger partial charge in [-0.05, 0) is 45.5 Å². The molecule has 0 unspecified atom stereocenters. The Morgan fingerprint density at radius 1 is 1.13 bits per heavy atom. The van der Waals surface area contributed by atoms with E-state index in [4.69, 9.17) is 0 Å². The monoisotopic (exact) mass is 448 g/mol. The molecule has 1 fully saturated rings. The molecule has 5 rings (SSSR count). The summed E-state index contributed by atoms with van der Waals surface area (Å²) in [6.07, 6.45) is 3.24. The molecule has 0 spiro atoms. The smallest absolute Gasteiger partial charge is 0.176 e. The average molecular weight is 449 g/mol. The van der Waals surface area contributed by atoms with Crippen LogP contribution in [0.5, 0.6) is 0 Å². The largest absolute Gasteiger partial charge is 0.348 e. The number of fused-ring (bicyclic) bond motifs is 2. The zero-order valence-electron chi connectivity index (χ0n) is 16.4. The van der Waals surface area contributed by atoms with Crippen LogP contribution in [0.25, 0.3) is 20.4 Å². The molecule has 1 aromatic carbocycles. The summed E-state index contributed by atoms with van der Waals surface area (Å²) in [7, 11) is 2.11. The van der Waals surface area contributed by atoms with Crippen molar-refractivity contribution in [2.75, 3.05) is 18.9 Å². The van der Waals surface area contributed by atoms with Gasteiger partial charge in [-0.3, -0.25) is 0 Å². The predicted octanol–water partition coefficient (Wildman–Crippen LogP) is 6.26. The van der Waals surface area contributed by atoms with E-state index in [2.05, 4.69) is 34.2 Å². The molecule has 4 heterocycles. The Hall–Kier alpha value is -2.23. The third kappa shape index (κ3) is 3.16. The molecule has 0 amide bonds. The predicted molar refractivity (Wildman–Crippen MR) is 116 cm³/mol. The van der Waals surface area contributed by atoms with Crippen LogP contribution in [0.1, 0.15) is 30.6 Å². The molecular weight excluding hydrogens is 429 g/mol. The topological polar surface area (TPSA) is 41.1 Å². The van der Waals surface area contributed by atoms with Crippen LogP contribution in [-0.2, 0) is 0 Å². The van der Waals surface area contributed by atoms with Gasteiger partial charge in [0.1, 0.15) is 16.0 Å². The Bertz CT molecular complexity index is 1250. The van der Waals surface area contributed by atoms with E-state index in [9.17, 15) is 13.2 Å². The van der Waals surface area contributed by atoms with Gasteiger partial charge in [0.2, 0.25) is 0 Å². The molecule has 156 valence electrons. The highest BCUT2D eigenvalue weighted by Gasteiger charge is 2.29. The highest BCUT2D eigenvalue weighted by atomic mass is 32.1. The van der Waals surface area contributed by atoms with Crippen molar-refractivity contribution in [3.8, 4) is 0 Å². The molecule has 1 N–H and O–H groups in total. The van der Waals surface area contributed by atoms with Crippen LogP contribution in [0.2, 0.25) is 0 Å². The van der Waals surface area contributed by atoms with Gasteiger partial charge in [0.15, 0.2) is 17.5 Å². The molecule has 1 aliphatic heterocycles. The minimum absolute atomic E-state index is 0.0340. The quantitative estimate of drug-likeness (QED) is 0.401. The summed E-state index contributed by atoms with van der Waals surface area (Å²) in [6, 6.07) is 3.48. The summed E-state index contributed by atoms with van der Waals surface area (Å²) >= 11 is 2.66. The molecule has 1 saturated heterocycles. The third-order valence-electron chi connectivity index (χ3n) is 5.97. The summed E-state index contributed by atoms with van der Waals surface area (Å²) in [4.78, 5) is 12.3. The molecular formula is C21H19F3N4S2. The summed E-state index contributed by atoms with van der Waals surface area (Å²) < 4.78 is 44.6. The van der Waals surface area contributed by atoms with Crippen molar-refractivity contribution in [1.29, 1.82) is 0 Å². The van der Waals surface area contributed by atoms with Gasteiger partial charge in [-0.25, -0.2) is 23.1 Å². The van der Waals surface area contributed by atoms with Crippen molar-refractivity contribution in [1.82, 2.24) is 14.9 Å². The van der Waals surface area contributed by atoms with Crippen LogP contribution in [0.3, 0.4) is 0 Å². The van der Waals surface area contributed by atoms with Crippen molar-refractivity contribution in [3.05, 3.63) is 46.2 Å². The first kappa shape index (κ1) is 19.7. The normalized spacial score (nSPS) is 20.3. The number of piperidine rings is 1. The van der Waals surface area contributed by atoms with Crippen molar-refractivity contribution in [3.63, 3.8) is 0 Å². The van der Waals surface area contributed by atoms with Crippen molar-refractivity contribution in [2.45, 2.75) is 31.7 Å². The zero-order chi connectivity index (χ0) is 21.0. The molecule has 3 aromatic heterocycles. The van der Waals surface area contributed by atoms with Gasteiger partial charge in [0.25, 0.3) is 0 Å². The second-order valence-electron chi connectivity index (χ2n) is 7.69. The number of anilines is 2. The molecule has 4 aromatic rings. The van der Waals surface area contributed by atoms with E-state index in [1.165, 1.54) is 22.9 Å². The maximum atomic E-state index is 14.9. The molecule has 0 saturated carbocycles. The lowest BCUT2D eigenvalue weighted by atomic mass is 9.89. The second kappa shape index (κ2) is 7.47. The number of nitrogens with zero attached hydrogens (tertiary/aromatic N) is 3. The van der Waals surface area contributed by atoms with Gasteiger partial charge in [0.05, 0.1) is 22.1 Å². The molecule has 0 bridgehead atoms. The number of hydrogen-bond acceptors (Lipinski definition) is 6. The van der Waals surface area contributed by atoms with Gasteiger partial charge in [-0.1, -0.05) is 0 Å².